The van der Waals surface area contributed by atoms with Gasteiger partial charge in [-0.2, -0.15) is 0 Å². The molecule has 33 heavy (non-hydrogen) atoms. The summed E-state index contributed by atoms with van der Waals surface area (Å²) in [6.45, 7) is 1.55. The fourth-order valence-electron chi connectivity index (χ4n) is 6.67. The molecule has 0 aliphatic heterocycles. The minimum atomic E-state index is -0.137. The molecular weight excluding hydrogens is 414 g/mol. The molecule has 1 amide bonds. The summed E-state index contributed by atoms with van der Waals surface area (Å²) in [7, 11) is 0. The number of hydrogen-bond acceptors (Lipinski definition) is 5. The van der Waals surface area contributed by atoms with Gasteiger partial charge in [-0.1, -0.05) is 29.4 Å². The van der Waals surface area contributed by atoms with E-state index in [2.05, 4.69) is 15.5 Å². The van der Waals surface area contributed by atoms with E-state index in [9.17, 15) is 9.59 Å². The number of rotatable bonds is 5. The van der Waals surface area contributed by atoms with Gasteiger partial charge in [-0.25, -0.2) is 0 Å². The molecule has 0 unspecified atom stereocenters. The lowest BCUT2D eigenvalue weighted by Gasteiger charge is -2.56. The van der Waals surface area contributed by atoms with Crippen molar-refractivity contribution >= 4 is 11.7 Å². The van der Waals surface area contributed by atoms with E-state index in [0.29, 0.717) is 17.0 Å². The van der Waals surface area contributed by atoms with Crippen molar-refractivity contribution in [1.29, 1.82) is 0 Å². The summed E-state index contributed by atoms with van der Waals surface area (Å²) in [4.78, 5) is 29.0. The maximum absolute atomic E-state index is 13.0. The predicted molar refractivity (Wildman–Crippen MR) is 124 cm³/mol. The summed E-state index contributed by atoms with van der Waals surface area (Å²) in [5.74, 6) is 2.74. The van der Waals surface area contributed by atoms with E-state index < -0.39 is 0 Å². The number of benzene rings is 1. The van der Waals surface area contributed by atoms with Crippen LogP contribution in [-0.2, 0) is 0 Å². The molecule has 4 fully saturated rings. The maximum atomic E-state index is 13.0. The minimum absolute atomic E-state index is 0.0400. The normalized spacial score (nSPS) is 27.5. The lowest BCUT2D eigenvalue weighted by Crippen LogP contribution is -2.59. The average molecular weight is 442 g/mol. The van der Waals surface area contributed by atoms with E-state index >= 15 is 0 Å². The number of carbonyl (C=O) groups is 2. The fraction of sp³-hybridized carbons (Fsp3) is 0.407. The van der Waals surface area contributed by atoms with Gasteiger partial charge in [0.05, 0.1) is 5.69 Å². The number of amides is 1. The van der Waals surface area contributed by atoms with Crippen LogP contribution in [0.5, 0.6) is 0 Å². The van der Waals surface area contributed by atoms with Crippen LogP contribution >= 0.6 is 0 Å². The van der Waals surface area contributed by atoms with Crippen molar-refractivity contribution in [3.8, 4) is 22.6 Å². The van der Waals surface area contributed by atoms with Gasteiger partial charge in [0.25, 0.3) is 5.91 Å². The van der Waals surface area contributed by atoms with Crippen LogP contribution < -0.4 is 5.32 Å². The van der Waals surface area contributed by atoms with Crippen LogP contribution in [0.2, 0.25) is 0 Å². The molecule has 1 N–H and O–H groups in total. The highest BCUT2D eigenvalue weighted by Crippen LogP contribution is 2.55. The van der Waals surface area contributed by atoms with Crippen molar-refractivity contribution in [3.05, 3.63) is 59.9 Å². The smallest absolute Gasteiger partial charge is 0.273 e. The Balaban J connectivity index is 1.16. The van der Waals surface area contributed by atoms with E-state index in [1.807, 2.05) is 24.3 Å². The molecule has 6 heteroatoms. The number of aromatic nitrogens is 2. The average Bonchev–Trinajstić information content (AvgIpc) is 3.29. The Labute approximate surface area is 192 Å². The van der Waals surface area contributed by atoms with Gasteiger partial charge < -0.3 is 9.84 Å². The Morgan fingerprint density at radius 3 is 2.15 bits per heavy atom. The first-order valence-electron chi connectivity index (χ1n) is 11.8. The van der Waals surface area contributed by atoms with Crippen molar-refractivity contribution in [2.75, 3.05) is 0 Å². The Morgan fingerprint density at radius 1 is 0.939 bits per heavy atom. The van der Waals surface area contributed by atoms with Crippen molar-refractivity contribution in [2.24, 2.45) is 17.8 Å². The van der Waals surface area contributed by atoms with Gasteiger partial charge in [0.1, 0.15) is 0 Å². The fourth-order valence-corrected chi connectivity index (χ4v) is 6.67. The zero-order valence-electron chi connectivity index (χ0n) is 18.7. The Kier molecular flexibility index (Phi) is 4.71. The maximum Gasteiger partial charge on any atom is 0.273 e. The molecule has 3 aromatic rings. The summed E-state index contributed by atoms with van der Waals surface area (Å²) in [5.41, 5.74) is 3.45. The zero-order chi connectivity index (χ0) is 22.6. The van der Waals surface area contributed by atoms with Gasteiger partial charge in [-0.05, 0) is 75.3 Å². The van der Waals surface area contributed by atoms with Crippen molar-refractivity contribution in [2.45, 2.75) is 51.0 Å². The number of hydrogen-bond donors (Lipinski definition) is 1. The second kappa shape index (κ2) is 7.65. The third-order valence-electron chi connectivity index (χ3n) is 7.79. The number of nitrogens with zero attached hydrogens (tertiary/aromatic N) is 2. The molecule has 2 heterocycles. The number of Topliss-reactive ketones (excluding diaryl/α,β-unsaturated/α-hetero) is 1. The van der Waals surface area contributed by atoms with Gasteiger partial charge in [-0.3, -0.25) is 14.6 Å². The minimum Gasteiger partial charge on any atom is -0.355 e. The van der Waals surface area contributed by atoms with Crippen LogP contribution in [0.1, 0.15) is 66.3 Å². The zero-order valence-corrected chi connectivity index (χ0v) is 18.7. The number of nitrogens with one attached hydrogen (secondary N) is 1. The number of carbonyl (C=O) groups excluding carboxylic acids is 2. The van der Waals surface area contributed by atoms with Crippen LogP contribution in [0, 0.1) is 17.8 Å². The second-order valence-electron chi connectivity index (χ2n) is 10.3. The first kappa shape index (κ1) is 20.3. The third-order valence-corrected chi connectivity index (χ3v) is 7.79. The summed E-state index contributed by atoms with van der Waals surface area (Å²) in [6, 6.07) is 12.9. The molecule has 0 saturated heterocycles. The molecule has 4 aliphatic rings. The van der Waals surface area contributed by atoms with Crippen molar-refractivity contribution in [1.82, 2.24) is 15.5 Å². The van der Waals surface area contributed by atoms with Crippen molar-refractivity contribution < 1.29 is 14.1 Å². The molecule has 0 spiro atoms. The number of pyridine rings is 1. The second-order valence-corrected chi connectivity index (χ2v) is 10.3. The molecule has 6 nitrogen and oxygen atoms in total. The molecule has 0 atom stereocenters. The Morgan fingerprint density at radius 2 is 1.58 bits per heavy atom. The van der Waals surface area contributed by atoms with E-state index in [1.54, 1.807) is 31.3 Å². The van der Waals surface area contributed by atoms with E-state index in [-0.39, 0.29) is 17.2 Å². The largest absolute Gasteiger partial charge is 0.355 e. The molecule has 168 valence electrons. The highest BCUT2D eigenvalue weighted by molar-refractivity contribution is 5.94. The highest BCUT2D eigenvalue weighted by Gasteiger charge is 2.51. The summed E-state index contributed by atoms with van der Waals surface area (Å²) < 4.78 is 5.49. The third kappa shape index (κ3) is 3.77. The summed E-state index contributed by atoms with van der Waals surface area (Å²) in [5, 5.41) is 7.40. The van der Waals surface area contributed by atoms with Crippen LogP contribution in [0.25, 0.3) is 22.6 Å². The van der Waals surface area contributed by atoms with Gasteiger partial charge >= 0.3 is 0 Å². The molecule has 1 aromatic carbocycles. The van der Waals surface area contributed by atoms with Crippen LogP contribution in [0.3, 0.4) is 0 Å². The van der Waals surface area contributed by atoms with E-state index in [1.165, 1.54) is 19.3 Å². The van der Waals surface area contributed by atoms with Crippen LogP contribution in [0.15, 0.2) is 53.2 Å². The summed E-state index contributed by atoms with van der Waals surface area (Å²) in [6.07, 6.45) is 9.06. The van der Waals surface area contributed by atoms with Crippen LogP contribution in [0.4, 0.5) is 0 Å². The molecule has 4 saturated carbocycles. The first-order valence-corrected chi connectivity index (χ1v) is 11.8. The Hall–Kier alpha value is -3.28. The molecule has 4 aliphatic carbocycles. The predicted octanol–water partition coefficient (Wildman–Crippen LogP) is 5.30. The van der Waals surface area contributed by atoms with E-state index in [0.717, 1.165) is 53.8 Å². The summed E-state index contributed by atoms with van der Waals surface area (Å²) >= 11 is 0. The van der Waals surface area contributed by atoms with E-state index in [4.69, 9.17) is 4.52 Å². The SMILES string of the molecule is CC(=O)c1ccc(-c2ccc(-c3cc(C(=O)NC45CC6CC(CC(C6)C4)C5)no3)cn2)cc1. The van der Waals surface area contributed by atoms with Gasteiger partial charge in [0.15, 0.2) is 17.2 Å². The molecule has 7 rings (SSSR count). The monoisotopic (exact) mass is 441 g/mol. The number of ketones is 1. The molecular formula is C27H27N3O3. The quantitative estimate of drug-likeness (QED) is 0.543. The van der Waals surface area contributed by atoms with Crippen molar-refractivity contribution in [3.63, 3.8) is 0 Å². The standard InChI is InChI=1S/C27H27N3O3/c1-16(31)20-2-4-21(5-3-20)23-7-6-22(15-28-23)25-11-24(30-33-25)26(32)29-27-12-17-8-18(13-27)10-19(9-17)14-27/h2-7,11,15,17-19H,8-10,12-14H2,1H3,(H,29,32). The lowest BCUT2D eigenvalue weighted by atomic mass is 9.53. The molecule has 0 radical (unpaired) electrons. The van der Waals surface area contributed by atoms with Gasteiger partial charge in [-0.15, -0.1) is 0 Å². The highest BCUT2D eigenvalue weighted by atomic mass is 16.5. The Bertz CT molecular complexity index is 1170. The topological polar surface area (TPSA) is 85.1 Å². The molecule has 2 aromatic heterocycles. The van der Waals surface area contributed by atoms with Crippen LogP contribution in [-0.4, -0.2) is 27.4 Å². The van der Waals surface area contributed by atoms with Gasteiger partial charge in [0, 0.05) is 34.5 Å². The molecule has 4 bridgehead atoms. The van der Waals surface area contributed by atoms with Gasteiger partial charge in [0.2, 0.25) is 0 Å². The lowest BCUT2D eigenvalue weighted by molar-refractivity contribution is -0.0168. The first-order chi connectivity index (χ1) is 16.0.